The minimum absolute atomic E-state index is 0.0228. The molecule has 2 aromatic rings. The smallest absolute Gasteiger partial charge is 0.203 e. The molecule has 10 heteroatoms. The first-order chi connectivity index (χ1) is 17.5. The fourth-order valence-corrected chi connectivity index (χ4v) is 4.45. The van der Waals surface area contributed by atoms with Gasteiger partial charge in [0.15, 0.2) is 18.5 Å². The number of Topliss-reactive ketones (excluding diaryl/α,β-unsaturated/α-hetero) is 1. The maximum absolute atomic E-state index is 13.8. The number of carbonyl (C=O) groups is 1. The molecule has 1 saturated heterocycles. The van der Waals surface area contributed by atoms with Crippen LogP contribution in [0.5, 0.6) is 23.0 Å². The van der Waals surface area contributed by atoms with E-state index in [1.165, 1.54) is 14.0 Å². The van der Waals surface area contributed by atoms with E-state index >= 15 is 0 Å². The van der Waals surface area contributed by atoms with Crippen molar-refractivity contribution in [1.82, 2.24) is 0 Å². The lowest BCUT2D eigenvalue weighted by molar-refractivity contribution is -0.304. The molecule has 0 aliphatic carbocycles. The van der Waals surface area contributed by atoms with E-state index in [4.69, 9.17) is 18.9 Å². The van der Waals surface area contributed by atoms with Crippen LogP contribution in [0.25, 0.3) is 0 Å². The minimum Gasteiger partial charge on any atom is -0.507 e. The molecule has 0 radical (unpaired) electrons. The largest absolute Gasteiger partial charge is 0.507 e. The number of ether oxygens (including phenoxy) is 4. The van der Waals surface area contributed by atoms with Crippen molar-refractivity contribution >= 4 is 5.78 Å². The predicted octanol–water partition coefficient (Wildman–Crippen LogP) is 2.14. The topological polar surface area (TPSA) is 155 Å². The molecule has 0 aromatic heterocycles. The highest BCUT2D eigenvalue weighted by molar-refractivity contribution is 6.06. The van der Waals surface area contributed by atoms with Crippen molar-refractivity contribution in [2.75, 3.05) is 7.11 Å². The molecule has 2 aliphatic heterocycles. The van der Waals surface area contributed by atoms with E-state index in [0.29, 0.717) is 16.9 Å². The van der Waals surface area contributed by atoms with Crippen LogP contribution in [0.1, 0.15) is 48.4 Å². The van der Waals surface area contributed by atoms with Crippen molar-refractivity contribution in [3.8, 4) is 23.0 Å². The van der Waals surface area contributed by atoms with Gasteiger partial charge in [-0.25, -0.2) is 0 Å². The molecule has 4 rings (SSSR count). The third-order valence-electron chi connectivity index (χ3n) is 6.61. The summed E-state index contributed by atoms with van der Waals surface area (Å²) in [6, 6.07) is 7.78. The quantitative estimate of drug-likeness (QED) is 0.361. The van der Waals surface area contributed by atoms with Gasteiger partial charge in [0.1, 0.15) is 46.9 Å². The Bertz CT molecular complexity index is 1170. The lowest BCUT2D eigenvalue weighted by atomic mass is 9.89. The molecule has 200 valence electrons. The second-order valence-electron chi connectivity index (χ2n) is 9.50. The molecule has 7 atom stereocenters. The molecule has 0 amide bonds. The number of phenols is 2. The number of benzene rings is 2. The highest BCUT2D eigenvalue weighted by atomic mass is 16.7. The van der Waals surface area contributed by atoms with Crippen molar-refractivity contribution in [3.05, 3.63) is 58.7 Å². The van der Waals surface area contributed by atoms with E-state index < -0.39 is 54.4 Å². The number of allylic oxidation sites excluding steroid dienone is 2. The van der Waals surface area contributed by atoms with E-state index in [1.807, 2.05) is 19.9 Å². The zero-order valence-electron chi connectivity index (χ0n) is 21.0. The first kappa shape index (κ1) is 26.9. The SMILES string of the molecule is COc1ccc(C2Oc3c(CC=C(C)C)c(O)cc(O)c3C(=O)C2O[C@@H]2OC(C)[C@H](O)[C@H](O)C2O)cc1. The minimum atomic E-state index is -1.65. The Morgan fingerprint density at radius 2 is 1.70 bits per heavy atom. The molecule has 5 N–H and O–H groups in total. The van der Waals surface area contributed by atoms with Crippen LogP contribution in [0.15, 0.2) is 42.0 Å². The number of aliphatic hydroxyl groups is 3. The molecule has 1 fully saturated rings. The lowest BCUT2D eigenvalue weighted by Gasteiger charge is -2.42. The van der Waals surface area contributed by atoms with E-state index in [-0.39, 0.29) is 23.5 Å². The van der Waals surface area contributed by atoms with E-state index in [0.717, 1.165) is 11.6 Å². The van der Waals surface area contributed by atoms with Crippen molar-refractivity contribution in [2.24, 2.45) is 0 Å². The summed E-state index contributed by atoms with van der Waals surface area (Å²) in [6.07, 6.45) is -7.33. The number of hydrogen-bond donors (Lipinski definition) is 5. The van der Waals surface area contributed by atoms with Gasteiger partial charge in [0.2, 0.25) is 5.78 Å². The maximum Gasteiger partial charge on any atom is 0.203 e. The Morgan fingerprint density at radius 3 is 2.32 bits per heavy atom. The third kappa shape index (κ3) is 5.16. The molecule has 0 spiro atoms. The first-order valence-corrected chi connectivity index (χ1v) is 11.9. The number of hydrogen-bond acceptors (Lipinski definition) is 10. The van der Waals surface area contributed by atoms with Gasteiger partial charge >= 0.3 is 0 Å². The number of fused-ring (bicyclic) bond motifs is 1. The number of aromatic hydroxyl groups is 2. The van der Waals surface area contributed by atoms with Gasteiger partial charge in [-0.15, -0.1) is 0 Å². The molecule has 4 unspecified atom stereocenters. The number of carbonyl (C=O) groups excluding carboxylic acids is 1. The van der Waals surface area contributed by atoms with E-state index in [2.05, 4.69) is 0 Å². The summed E-state index contributed by atoms with van der Waals surface area (Å²) < 4.78 is 23.0. The van der Waals surface area contributed by atoms with Crippen LogP contribution in [0.3, 0.4) is 0 Å². The molecular weight excluding hydrogens is 484 g/mol. The molecule has 0 saturated carbocycles. The summed E-state index contributed by atoms with van der Waals surface area (Å²) in [5, 5.41) is 52.0. The van der Waals surface area contributed by atoms with Crippen LogP contribution >= 0.6 is 0 Å². The molecular formula is C27H32O10. The Labute approximate surface area is 214 Å². The highest BCUT2D eigenvalue weighted by Gasteiger charge is 2.48. The van der Waals surface area contributed by atoms with Gasteiger partial charge in [0.05, 0.1) is 13.2 Å². The van der Waals surface area contributed by atoms with Crippen LogP contribution in [-0.4, -0.2) is 75.2 Å². The summed E-state index contributed by atoms with van der Waals surface area (Å²) in [7, 11) is 1.52. The zero-order valence-corrected chi connectivity index (χ0v) is 21.0. The standard InChI is InChI=1S/C27H32O10/c1-12(2)5-10-16-17(28)11-18(29)19-21(31)26(37-27-23(33)22(32)20(30)13(3)35-27)24(36-25(16)19)14-6-8-15(34-4)9-7-14/h5-9,11,13,20,22-24,26-30,32-33H,10H2,1-4H3/t13?,20-,22-,23?,24?,26?,27-/m0/s1. The lowest BCUT2D eigenvalue weighted by Crippen LogP contribution is -2.59. The Morgan fingerprint density at radius 1 is 1.03 bits per heavy atom. The van der Waals surface area contributed by atoms with Crippen molar-refractivity contribution in [1.29, 1.82) is 0 Å². The number of methoxy groups -OCH3 is 1. The number of phenolic OH excluding ortho intramolecular Hbond substituents is 2. The van der Waals surface area contributed by atoms with Crippen molar-refractivity contribution in [3.63, 3.8) is 0 Å². The normalized spacial score (nSPS) is 29.3. The van der Waals surface area contributed by atoms with Crippen molar-refractivity contribution < 1.29 is 49.3 Å². The molecule has 37 heavy (non-hydrogen) atoms. The third-order valence-corrected chi connectivity index (χ3v) is 6.61. The van der Waals surface area contributed by atoms with E-state index in [9.17, 15) is 30.3 Å². The van der Waals surface area contributed by atoms with Gasteiger partial charge in [-0.2, -0.15) is 0 Å². The monoisotopic (exact) mass is 516 g/mol. The maximum atomic E-state index is 13.8. The summed E-state index contributed by atoms with van der Waals surface area (Å²) in [6.45, 7) is 5.28. The number of ketones is 1. The van der Waals surface area contributed by atoms with Gasteiger partial charge in [-0.05, 0) is 44.9 Å². The van der Waals surface area contributed by atoms with E-state index in [1.54, 1.807) is 24.3 Å². The van der Waals surface area contributed by atoms with Crippen LogP contribution in [0.4, 0.5) is 0 Å². The molecule has 2 heterocycles. The summed E-state index contributed by atoms with van der Waals surface area (Å²) in [4.78, 5) is 13.8. The Kier molecular flexibility index (Phi) is 7.77. The summed E-state index contributed by atoms with van der Waals surface area (Å²) in [5.41, 5.74) is 1.64. The Balaban J connectivity index is 1.80. The molecule has 2 aliphatic rings. The molecule has 10 nitrogen and oxygen atoms in total. The second kappa shape index (κ2) is 10.7. The van der Waals surface area contributed by atoms with Crippen LogP contribution in [0, 0.1) is 0 Å². The molecule has 0 bridgehead atoms. The average Bonchev–Trinajstić information content (AvgIpc) is 2.86. The zero-order chi connectivity index (χ0) is 27.0. The van der Waals surface area contributed by atoms with Crippen molar-refractivity contribution in [2.45, 2.75) is 70.1 Å². The van der Waals surface area contributed by atoms with Gasteiger partial charge in [0, 0.05) is 11.6 Å². The number of aliphatic hydroxyl groups excluding tert-OH is 3. The van der Waals surface area contributed by atoms with Gasteiger partial charge in [0.25, 0.3) is 0 Å². The fourth-order valence-electron chi connectivity index (χ4n) is 4.45. The first-order valence-electron chi connectivity index (χ1n) is 11.9. The molecule has 2 aromatic carbocycles. The van der Waals surface area contributed by atoms with Crippen LogP contribution in [-0.2, 0) is 15.9 Å². The second-order valence-corrected chi connectivity index (χ2v) is 9.50. The summed E-state index contributed by atoms with van der Waals surface area (Å²) >= 11 is 0. The van der Waals surface area contributed by atoms with Crippen LogP contribution < -0.4 is 9.47 Å². The predicted molar refractivity (Wildman–Crippen MR) is 131 cm³/mol. The number of rotatable bonds is 6. The van der Waals surface area contributed by atoms with Gasteiger partial charge < -0.3 is 44.5 Å². The van der Waals surface area contributed by atoms with Gasteiger partial charge in [-0.3, -0.25) is 4.79 Å². The summed E-state index contributed by atoms with van der Waals surface area (Å²) in [5.74, 6) is -0.794. The van der Waals surface area contributed by atoms with Crippen LogP contribution in [0.2, 0.25) is 0 Å². The van der Waals surface area contributed by atoms with Gasteiger partial charge in [-0.1, -0.05) is 23.8 Å². The fraction of sp³-hybridized carbons (Fsp3) is 0.444. The Hall–Kier alpha value is -3.15. The average molecular weight is 517 g/mol. The highest BCUT2D eigenvalue weighted by Crippen LogP contribution is 2.47.